The van der Waals surface area contributed by atoms with Crippen LogP contribution in [0.2, 0.25) is 0 Å². The highest BCUT2D eigenvalue weighted by Crippen LogP contribution is 2.20. The van der Waals surface area contributed by atoms with Crippen molar-refractivity contribution in [2.75, 3.05) is 0 Å². The summed E-state index contributed by atoms with van der Waals surface area (Å²) in [7, 11) is -3.64. The van der Waals surface area contributed by atoms with Crippen LogP contribution in [0.5, 0.6) is 6.01 Å². The van der Waals surface area contributed by atoms with Crippen LogP contribution in [-0.4, -0.2) is 29.3 Å². The highest BCUT2D eigenvalue weighted by atomic mass is 127. The third-order valence-electron chi connectivity index (χ3n) is 3.25. The van der Waals surface area contributed by atoms with E-state index in [-0.39, 0.29) is 11.0 Å². The molecule has 0 unspecified atom stereocenters. The zero-order chi connectivity index (χ0) is 17.9. The van der Waals surface area contributed by atoms with Gasteiger partial charge in [-0.1, -0.05) is 5.10 Å². The van der Waals surface area contributed by atoms with Gasteiger partial charge in [0.2, 0.25) is 10.0 Å². The smallest absolute Gasteiger partial charge is 0.317 e. The number of hydrogen-bond acceptors (Lipinski definition) is 5. The number of rotatable bonds is 7. The first-order valence-corrected chi connectivity index (χ1v) is 10.2. The average Bonchev–Trinajstić information content (AvgIpc) is 2.89. The second-order valence-corrected chi connectivity index (χ2v) is 8.51. The van der Waals surface area contributed by atoms with Crippen LogP contribution >= 0.6 is 22.6 Å². The van der Waals surface area contributed by atoms with Crippen molar-refractivity contribution in [3.05, 3.63) is 33.7 Å². The molecule has 1 aromatic heterocycles. The van der Waals surface area contributed by atoms with E-state index < -0.39 is 16.1 Å². The molecule has 7 nitrogen and oxygen atoms in total. The molecule has 0 amide bonds. The van der Waals surface area contributed by atoms with E-state index in [1.54, 1.807) is 35.8 Å². The van der Waals surface area contributed by atoms with E-state index in [0.29, 0.717) is 18.4 Å². The van der Waals surface area contributed by atoms with Gasteiger partial charge in [-0.05, 0) is 74.6 Å². The fourth-order valence-electron chi connectivity index (χ4n) is 2.18. The Kier molecular flexibility index (Phi) is 6.21. The number of halogens is 1. The summed E-state index contributed by atoms with van der Waals surface area (Å²) < 4.78 is 36.0. The lowest BCUT2D eigenvalue weighted by molar-refractivity contribution is 0.211. The minimum absolute atomic E-state index is 0.0360. The van der Waals surface area contributed by atoms with Crippen LogP contribution in [-0.2, 0) is 16.6 Å². The SMILES string of the molecule is CCn1c(OC(C)C)nnc1[C@@H](C)NS(=O)(=O)c1ccc(I)cc1. The monoisotopic (exact) mass is 464 g/mol. The summed E-state index contributed by atoms with van der Waals surface area (Å²) in [6.07, 6.45) is -0.0360. The van der Waals surface area contributed by atoms with Gasteiger partial charge in [0, 0.05) is 10.1 Å². The normalized spacial score (nSPS) is 13.2. The highest BCUT2D eigenvalue weighted by Gasteiger charge is 2.24. The van der Waals surface area contributed by atoms with Gasteiger partial charge in [-0.25, -0.2) is 13.1 Å². The summed E-state index contributed by atoms with van der Waals surface area (Å²) in [4.78, 5) is 0.219. The predicted octanol–water partition coefficient (Wildman–Crippen LogP) is 2.73. The number of ether oxygens (including phenoxy) is 1. The zero-order valence-corrected chi connectivity index (χ0v) is 17.0. The molecule has 0 aliphatic heterocycles. The molecule has 0 spiro atoms. The van der Waals surface area contributed by atoms with Gasteiger partial charge in [0.25, 0.3) is 0 Å². The number of hydrogen-bond donors (Lipinski definition) is 1. The summed E-state index contributed by atoms with van der Waals surface area (Å²) in [6.45, 7) is 8.05. The number of nitrogens with one attached hydrogen (secondary N) is 1. The third kappa shape index (κ3) is 4.45. The summed E-state index contributed by atoms with van der Waals surface area (Å²) in [5.74, 6) is 0.516. The summed E-state index contributed by atoms with van der Waals surface area (Å²) in [6, 6.07) is 6.52. The lowest BCUT2D eigenvalue weighted by Gasteiger charge is -2.16. The van der Waals surface area contributed by atoms with Gasteiger partial charge in [-0.3, -0.25) is 4.57 Å². The molecule has 0 fully saturated rings. The Balaban J connectivity index is 2.24. The van der Waals surface area contributed by atoms with E-state index in [4.69, 9.17) is 4.74 Å². The van der Waals surface area contributed by atoms with Crippen molar-refractivity contribution >= 4 is 32.6 Å². The number of aromatic nitrogens is 3. The third-order valence-corrected chi connectivity index (χ3v) is 5.52. The fraction of sp³-hybridized carbons (Fsp3) is 0.467. The lowest BCUT2D eigenvalue weighted by Crippen LogP contribution is -2.29. The molecule has 2 rings (SSSR count). The fourth-order valence-corrected chi connectivity index (χ4v) is 3.74. The lowest BCUT2D eigenvalue weighted by atomic mass is 10.3. The van der Waals surface area contributed by atoms with E-state index in [1.807, 2.05) is 20.8 Å². The van der Waals surface area contributed by atoms with E-state index in [9.17, 15) is 8.42 Å². The maximum atomic E-state index is 12.5. The first-order valence-electron chi connectivity index (χ1n) is 7.62. The Hall–Kier alpha value is -1.20. The zero-order valence-electron chi connectivity index (χ0n) is 14.0. The highest BCUT2D eigenvalue weighted by molar-refractivity contribution is 14.1. The van der Waals surface area contributed by atoms with Crippen LogP contribution < -0.4 is 9.46 Å². The number of benzene rings is 1. The molecule has 24 heavy (non-hydrogen) atoms. The molecular formula is C15H21IN4O3S. The van der Waals surface area contributed by atoms with Crippen LogP contribution in [0, 0.1) is 3.57 Å². The van der Waals surface area contributed by atoms with Gasteiger partial charge in [-0.2, -0.15) is 0 Å². The molecule has 0 saturated heterocycles. The molecule has 2 aromatic rings. The van der Waals surface area contributed by atoms with Crippen molar-refractivity contribution < 1.29 is 13.2 Å². The van der Waals surface area contributed by atoms with Crippen molar-refractivity contribution in [1.29, 1.82) is 0 Å². The van der Waals surface area contributed by atoms with E-state index in [0.717, 1.165) is 3.57 Å². The van der Waals surface area contributed by atoms with Crippen LogP contribution in [0.4, 0.5) is 0 Å². The maximum absolute atomic E-state index is 12.5. The number of sulfonamides is 1. The molecular weight excluding hydrogens is 443 g/mol. The Morgan fingerprint density at radius 3 is 2.38 bits per heavy atom. The molecule has 1 aromatic carbocycles. The molecule has 0 saturated carbocycles. The molecule has 132 valence electrons. The van der Waals surface area contributed by atoms with Gasteiger partial charge in [-0.15, -0.1) is 5.10 Å². The van der Waals surface area contributed by atoms with Crippen molar-refractivity contribution in [3.63, 3.8) is 0 Å². The molecule has 1 N–H and O–H groups in total. The molecule has 0 bridgehead atoms. The quantitative estimate of drug-likeness (QED) is 0.637. The van der Waals surface area contributed by atoms with Crippen LogP contribution in [0.3, 0.4) is 0 Å². The maximum Gasteiger partial charge on any atom is 0.317 e. The van der Waals surface area contributed by atoms with E-state index in [2.05, 4.69) is 37.5 Å². The van der Waals surface area contributed by atoms with Crippen molar-refractivity contribution in [2.24, 2.45) is 0 Å². The second-order valence-electron chi connectivity index (χ2n) is 5.55. The van der Waals surface area contributed by atoms with E-state index in [1.165, 1.54) is 0 Å². The van der Waals surface area contributed by atoms with Crippen LogP contribution in [0.15, 0.2) is 29.2 Å². The molecule has 1 heterocycles. The van der Waals surface area contributed by atoms with Gasteiger partial charge >= 0.3 is 6.01 Å². The number of nitrogens with zero attached hydrogens (tertiary/aromatic N) is 3. The van der Waals surface area contributed by atoms with Crippen LogP contribution in [0.1, 0.15) is 39.6 Å². The topological polar surface area (TPSA) is 86.1 Å². The average molecular weight is 464 g/mol. The Morgan fingerprint density at radius 1 is 1.21 bits per heavy atom. The second kappa shape index (κ2) is 7.79. The predicted molar refractivity (Wildman–Crippen MR) is 99.4 cm³/mol. The summed E-state index contributed by atoms with van der Waals surface area (Å²) >= 11 is 2.13. The van der Waals surface area contributed by atoms with Gasteiger partial charge in [0.05, 0.1) is 17.0 Å². The molecule has 1 atom stereocenters. The molecule has 0 aliphatic rings. The van der Waals surface area contributed by atoms with Crippen molar-refractivity contribution in [2.45, 2.75) is 51.3 Å². The largest absolute Gasteiger partial charge is 0.461 e. The van der Waals surface area contributed by atoms with Crippen molar-refractivity contribution in [3.8, 4) is 6.01 Å². The molecule has 0 aliphatic carbocycles. The van der Waals surface area contributed by atoms with E-state index >= 15 is 0 Å². The Bertz CT molecular complexity index is 788. The summed E-state index contributed by atoms with van der Waals surface area (Å²) in [5.41, 5.74) is 0. The Morgan fingerprint density at radius 2 is 1.83 bits per heavy atom. The first-order chi connectivity index (χ1) is 11.2. The molecule has 0 radical (unpaired) electrons. The van der Waals surface area contributed by atoms with Gasteiger partial charge < -0.3 is 4.74 Å². The Labute approximate surface area is 156 Å². The minimum atomic E-state index is -3.64. The first kappa shape index (κ1) is 19.1. The van der Waals surface area contributed by atoms with Crippen molar-refractivity contribution in [1.82, 2.24) is 19.5 Å². The standard InChI is InChI=1S/C15H21IN4O3S/c1-5-20-14(17-18-15(20)23-10(2)3)11(4)19-24(21,22)13-8-6-12(16)7-9-13/h6-11,19H,5H2,1-4H3/t11-/m1/s1. The van der Waals surface area contributed by atoms with Gasteiger partial charge in [0.15, 0.2) is 5.82 Å². The van der Waals surface area contributed by atoms with Gasteiger partial charge in [0.1, 0.15) is 0 Å². The molecule has 9 heteroatoms. The summed E-state index contributed by atoms with van der Waals surface area (Å²) in [5, 5.41) is 8.11. The van der Waals surface area contributed by atoms with Crippen LogP contribution in [0.25, 0.3) is 0 Å². The minimum Gasteiger partial charge on any atom is -0.461 e.